The van der Waals surface area contributed by atoms with E-state index in [0.29, 0.717) is 5.13 Å². The third kappa shape index (κ3) is 4.05. The van der Waals surface area contributed by atoms with Crippen molar-refractivity contribution in [1.82, 2.24) is 19.6 Å². The summed E-state index contributed by atoms with van der Waals surface area (Å²) in [6, 6.07) is 0.789. The number of hydrogen-bond acceptors (Lipinski definition) is 6. The summed E-state index contributed by atoms with van der Waals surface area (Å²) in [7, 11) is 0. The topological polar surface area (TPSA) is 72.2 Å². The molecule has 0 saturated carbocycles. The Morgan fingerprint density at radius 3 is 2.84 bits per heavy atom. The molecule has 0 atom stereocenters. The molecule has 0 aliphatic heterocycles. The molecule has 3 rings (SSSR count). The molecule has 1 N–H and O–H groups in total. The van der Waals surface area contributed by atoms with Crippen LogP contribution in [0.5, 0.6) is 0 Å². The number of carbonyl (C=O) groups is 1. The van der Waals surface area contributed by atoms with Crippen molar-refractivity contribution in [2.45, 2.75) is 18.3 Å². The van der Waals surface area contributed by atoms with Crippen molar-refractivity contribution in [2.24, 2.45) is 0 Å². The van der Waals surface area contributed by atoms with Gasteiger partial charge in [-0.1, -0.05) is 23.4 Å². The summed E-state index contributed by atoms with van der Waals surface area (Å²) in [4.78, 5) is 16.0. The molecule has 0 aliphatic carbocycles. The molecule has 0 saturated heterocycles. The lowest BCUT2D eigenvalue weighted by Gasteiger charge is -2.08. The summed E-state index contributed by atoms with van der Waals surface area (Å²) in [5.74, 6) is -0.415. The molecular weight excluding hydrogens is 399 g/mol. The van der Waals surface area contributed by atoms with Crippen molar-refractivity contribution in [3.05, 3.63) is 33.9 Å². The fraction of sp³-hybridized carbons (Fsp3) is 0.231. The van der Waals surface area contributed by atoms with Crippen LogP contribution in [0.3, 0.4) is 0 Å². The second kappa shape index (κ2) is 6.81. The number of halogens is 4. The molecule has 0 aromatic carbocycles. The Bertz CT molecular complexity index is 940. The van der Waals surface area contributed by atoms with Crippen LogP contribution in [-0.4, -0.2) is 31.2 Å². The van der Waals surface area contributed by atoms with Crippen LogP contribution in [-0.2, 0) is 11.0 Å². The van der Waals surface area contributed by atoms with Gasteiger partial charge in [-0.2, -0.15) is 13.2 Å². The van der Waals surface area contributed by atoms with E-state index in [1.54, 1.807) is 12.3 Å². The lowest BCUT2D eigenvalue weighted by Crippen LogP contribution is -2.14. The quantitative estimate of drug-likeness (QED) is 0.664. The summed E-state index contributed by atoms with van der Waals surface area (Å²) in [5, 5.41) is 12.4. The monoisotopic (exact) mass is 407 g/mol. The Kier molecular flexibility index (Phi) is 4.89. The van der Waals surface area contributed by atoms with Crippen LogP contribution in [0.15, 0.2) is 22.8 Å². The predicted molar refractivity (Wildman–Crippen MR) is 89.2 cm³/mol. The minimum atomic E-state index is -4.55. The second-order valence-corrected chi connectivity index (χ2v) is 7.09. The Hall–Kier alpha value is -1.85. The highest BCUT2D eigenvalue weighted by atomic mass is 35.5. The summed E-state index contributed by atoms with van der Waals surface area (Å²) < 4.78 is 39.8. The third-order valence-corrected chi connectivity index (χ3v) is 5.05. The third-order valence-electron chi connectivity index (χ3n) is 2.95. The fourth-order valence-corrected chi connectivity index (χ4v) is 3.54. The maximum absolute atomic E-state index is 12.9. The van der Waals surface area contributed by atoms with Crippen molar-refractivity contribution >= 4 is 51.4 Å². The number of aryl methyl sites for hydroxylation is 1. The minimum absolute atomic E-state index is 0.0622. The SMILES string of the molecule is Cc1csc(NC(=O)CSc2nnc3c(Cl)cc(C(F)(F)F)cn23)n1. The van der Waals surface area contributed by atoms with E-state index in [0.717, 1.165) is 34.1 Å². The number of fused-ring (bicyclic) bond motifs is 1. The molecule has 1 amide bonds. The van der Waals surface area contributed by atoms with Gasteiger partial charge < -0.3 is 5.32 Å². The van der Waals surface area contributed by atoms with Crippen molar-refractivity contribution in [3.8, 4) is 0 Å². The van der Waals surface area contributed by atoms with Crippen LogP contribution in [0.25, 0.3) is 5.65 Å². The van der Waals surface area contributed by atoms with Crippen LogP contribution >= 0.6 is 34.7 Å². The Balaban J connectivity index is 1.77. The van der Waals surface area contributed by atoms with E-state index >= 15 is 0 Å². The number of pyridine rings is 1. The minimum Gasteiger partial charge on any atom is -0.301 e. The largest absolute Gasteiger partial charge is 0.417 e. The van der Waals surface area contributed by atoms with E-state index in [1.807, 2.05) is 0 Å². The molecule has 0 unspecified atom stereocenters. The Labute approximate surface area is 152 Å². The van der Waals surface area contributed by atoms with Gasteiger partial charge in [0.2, 0.25) is 5.91 Å². The average molecular weight is 408 g/mol. The van der Waals surface area contributed by atoms with Gasteiger partial charge in [0, 0.05) is 11.6 Å². The number of nitrogens with one attached hydrogen (secondary N) is 1. The molecule has 0 radical (unpaired) electrons. The first-order chi connectivity index (χ1) is 11.7. The summed E-state index contributed by atoms with van der Waals surface area (Å²) in [6.07, 6.45) is -3.70. The smallest absolute Gasteiger partial charge is 0.301 e. The zero-order valence-electron chi connectivity index (χ0n) is 12.5. The van der Waals surface area contributed by atoms with E-state index in [9.17, 15) is 18.0 Å². The molecular formula is C13H9ClF3N5OS2. The molecule has 132 valence electrons. The number of aromatic nitrogens is 4. The standard InChI is InChI=1S/C13H9ClF3N5OS2/c1-6-4-24-11(18-6)19-9(23)5-25-12-21-20-10-8(14)2-7(3-22(10)12)13(15,16)17/h2-4H,5H2,1H3,(H,18,19,23). The molecule has 0 bridgehead atoms. The lowest BCUT2D eigenvalue weighted by atomic mass is 10.3. The van der Waals surface area contributed by atoms with Crippen LogP contribution in [0.4, 0.5) is 18.3 Å². The van der Waals surface area contributed by atoms with Crippen molar-refractivity contribution < 1.29 is 18.0 Å². The van der Waals surface area contributed by atoms with Gasteiger partial charge in [-0.15, -0.1) is 21.5 Å². The predicted octanol–water partition coefficient (Wildman–Crippen LogP) is 3.90. The van der Waals surface area contributed by atoms with E-state index < -0.39 is 11.7 Å². The van der Waals surface area contributed by atoms with Gasteiger partial charge in [-0.3, -0.25) is 9.20 Å². The van der Waals surface area contributed by atoms with Gasteiger partial charge >= 0.3 is 6.18 Å². The fourth-order valence-electron chi connectivity index (χ4n) is 1.88. The number of thiazole rings is 1. The van der Waals surface area contributed by atoms with Gasteiger partial charge in [0.1, 0.15) is 0 Å². The normalized spacial score (nSPS) is 11.9. The number of anilines is 1. The Morgan fingerprint density at radius 1 is 1.44 bits per heavy atom. The van der Waals surface area contributed by atoms with Crippen molar-refractivity contribution in [2.75, 3.05) is 11.1 Å². The van der Waals surface area contributed by atoms with Gasteiger partial charge in [-0.25, -0.2) is 4.98 Å². The first kappa shape index (κ1) is 18.0. The molecule has 0 aliphatic rings. The molecule has 3 aromatic heterocycles. The second-order valence-electron chi connectivity index (χ2n) is 4.88. The maximum Gasteiger partial charge on any atom is 0.417 e. The highest BCUT2D eigenvalue weighted by molar-refractivity contribution is 7.99. The van der Waals surface area contributed by atoms with Crippen LogP contribution in [0, 0.1) is 6.92 Å². The number of amides is 1. The molecule has 0 spiro atoms. The first-order valence-electron chi connectivity index (χ1n) is 6.70. The molecule has 6 nitrogen and oxygen atoms in total. The molecule has 3 aromatic rings. The number of nitrogens with zero attached hydrogens (tertiary/aromatic N) is 4. The zero-order chi connectivity index (χ0) is 18.2. The van der Waals surface area contributed by atoms with Crippen molar-refractivity contribution in [3.63, 3.8) is 0 Å². The number of alkyl halides is 3. The Morgan fingerprint density at radius 2 is 2.20 bits per heavy atom. The summed E-state index contributed by atoms with van der Waals surface area (Å²) >= 11 is 8.06. The summed E-state index contributed by atoms with van der Waals surface area (Å²) in [5.41, 5.74) is -0.0480. The van der Waals surface area contributed by atoms with Gasteiger partial charge in [-0.05, 0) is 13.0 Å². The maximum atomic E-state index is 12.9. The highest BCUT2D eigenvalue weighted by Gasteiger charge is 2.32. The number of rotatable bonds is 4. The first-order valence-corrected chi connectivity index (χ1v) is 8.94. The lowest BCUT2D eigenvalue weighted by molar-refractivity contribution is -0.137. The van der Waals surface area contributed by atoms with Gasteiger partial charge in [0.25, 0.3) is 0 Å². The van der Waals surface area contributed by atoms with Crippen LogP contribution in [0.1, 0.15) is 11.3 Å². The molecule has 25 heavy (non-hydrogen) atoms. The van der Waals surface area contributed by atoms with Gasteiger partial charge in [0.15, 0.2) is 15.9 Å². The van der Waals surface area contributed by atoms with E-state index in [2.05, 4.69) is 20.5 Å². The molecule has 3 heterocycles. The van der Waals surface area contributed by atoms with E-state index in [4.69, 9.17) is 11.6 Å². The van der Waals surface area contributed by atoms with E-state index in [1.165, 1.54) is 11.3 Å². The molecule has 0 fully saturated rings. The number of thioether (sulfide) groups is 1. The zero-order valence-corrected chi connectivity index (χ0v) is 14.9. The average Bonchev–Trinajstić information content (AvgIpc) is 3.11. The van der Waals surface area contributed by atoms with Crippen LogP contribution < -0.4 is 5.32 Å². The van der Waals surface area contributed by atoms with Crippen molar-refractivity contribution in [1.29, 1.82) is 0 Å². The van der Waals surface area contributed by atoms with E-state index in [-0.39, 0.29) is 27.5 Å². The number of hydrogen-bond donors (Lipinski definition) is 1. The molecule has 12 heteroatoms. The van der Waals surface area contributed by atoms with Gasteiger partial charge in [0.05, 0.1) is 22.0 Å². The summed E-state index contributed by atoms with van der Waals surface area (Å²) in [6.45, 7) is 1.80. The highest BCUT2D eigenvalue weighted by Crippen LogP contribution is 2.33. The number of carbonyl (C=O) groups excluding carboxylic acids is 1. The van der Waals surface area contributed by atoms with Crippen LogP contribution in [0.2, 0.25) is 5.02 Å².